The smallest absolute Gasteiger partial charge is 0.178 e. The molecule has 8 rings (SSSR count). The first-order valence-electron chi connectivity index (χ1n) is 14.6. The molecule has 6 heteroatoms. The van der Waals surface area contributed by atoms with E-state index in [2.05, 4.69) is 70.8 Å². The number of rotatable bonds is 1. The maximum Gasteiger partial charge on any atom is 0.178 e. The van der Waals surface area contributed by atoms with Crippen LogP contribution in [0.1, 0.15) is 78.5 Å². The Morgan fingerprint density at radius 1 is 1.00 bits per heavy atom. The monoisotopic (exact) mass is 519 g/mol. The molecule has 4 heterocycles. The number of aliphatic hydroxyl groups is 1. The van der Waals surface area contributed by atoms with Gasteiger partial charge in [-0.2, -0.15) is 0 Å². The standard InChI is InChI=1S/C32H41NO5/c1-17(2)15-23-36-24-26(28(3,4)37-23)35-22-12-13-29(5)30(6)18(11-14-31(29,34)32(22)27(24)38-32)16-20-19-9-7-8-10-21(19)33-25(20)30/h7-10,15,18,22-24,26-27,33-34H,11-14,16H2,1-6H3/t18-,22?,23-,24-,26?,27-,29+,30+,31-,32-/m0/s1. The molecule has 1 spiro atoms. The minimum Gasteiger partial charge on any atom is -0.386 e. The van der Waals surface area contributed by atoms with E-state index in [1.54, 1.807) is 0 Å². The molecule has 1 aromatic carbocycles. The summed E-state index contributed by atoms with van der Waals surface area (Å²) in [5, 5.41) is 14.4. The number of para-hydroxylation sites is 1. The molecule has 2 aromatic rings. The summed E-state index contributed by atoms with van der Waals surface area (Å²) in [6.45, 7) is 13.1. The van der Waals surface area contributed by atoms with Crippen molar-refractivity contribution >= 4 is 10.9 Å². The number of H-pyrrole nitrogens is 1. The van der Waals surface area contributed by atoms with Crippen LogP contribution in [0.4, 0.5) is 0 Å². The van der Waals surface area contributed by atoms with E-state index in [1.807, 2.05) is 6.08 Å². The van der Waals surface area contributed by atoms with Gasteiger partial charge in [0.25, 0.3) is 0 Å². The third-order valence-corrected chi connectivity index (χ3v) is 12.0. The summed E-state index contributed by atoms with van der Waals surface area (Å²) >= 11 is 0. The highest BCUT2D eigenvalue weighted by Gasteiger charge is 2.87. The van der Waals surface area contributed by atoms with Gasteiger partial charge in [-0.05, 0) is 83.4 Å². The maximum absolute atomic E-state index is 13.1. The lowest BCUT2D eigenvalue weighted by Crippen LogP contribution is -2.77. The van der Waals surface area contributed by atoms with Crippen molar-refractivity contribution in [1.82, 2.24) is 4.98 Å². The van der Waals surface area contributed by atoms with Crippen LogP contribution in [0.25, 0.3) is 10.9 Å². The van der Waals surface area contributed by atoms with Gasteiger partial charge >= 0.3 is 0 Å². The predicted octanol–water partition coefficient (Wildman–Crippen LogP) is 5.31. The summed E-state index contributed by atoms with van der Waals surface area (Å²) in [6, 6.07) is 8.67. The number of benzene rings is 1. The van der Waals surface area contributed by atoms with Crippen molar-refractivity contribution in [2.24, 2.45) is 11.3 Å². The van der Waals surface area contributed by atoms with Gasteiger partial charge in [0.2, 0.25) is 0 Å². The lowest BCUT2D eigenvalue weighted by Gasteiger charge is -2.66. The highest BCUT2D eigenvalue weighted by atomic mass is 16.8. The summed E-state index contributed by atoms with van der Waals surface area (Å²) < 4.78 is 26.5. The van der Waals surface area contributed by atoms with Crippen LogP contribution in [0.5, 0.6) is 0 Å². The molecule has 204 valence electrons. The minimum absolute atomic E-state index is 0.165. The number of aromatic amines is 1. The van der Waals surface area contributed by atoms with Gasteiger partial charge in [0.15, 0.2) is 11.9 Å². The lowest BCUT2D eigenvalue weighted by atomic mass is 9.40. The first-order chi connectivity index (χ1) is 18.0. The van der Waals surface area contributed by atoms with Crippen molar-refractivity contribution in [3.8, 4) is 0 Å². The molecule has 2 saturated carbocycles. The molecule has 5 fully saturated rings. The van der Waals surface area contributed by atoms with Crippen LogP contribution >= 0.6 is 0 Å². The van der Waals surface area contributed by atoms with E-state index in [0.717, 1.165) is 37.7 Å². The van der Waals surface area contributed by atoms with Crippen LogP contribution in [0.15, 0.2) is 35.9 Å². The average Bonchev–Trinajstić information content (AvgIpc) is 3.43. The molecule has 3 saturated heterocycles. The van der Waals surface area contributed by atoms with Crippen LogP contribution in [-0.2, 0) is 30.8 Å². The molecule has 3 aliphatic carbocycles. The zero-order valence-corrected chi connectivity index (χ0v) is 23.5. The van der Waals surface area contributed by atoms with E-state index in [4.69, 9.17) is 18.9 Å². The van der Waals surface area contributed by atoms with Gasteiger partial charge in [-0.3, -0.25) is 0 Å². The summed E-state index contributed by atoms with van der Waals surface area (Å²) in [6.07, 6.45) is 5.25. The van der Waals surface area contributed by atoms with Gasteiger partial charge in [-0.15, -0.1) is 0 Å². The molecule has 0 bridgehead atoms. The zero-order valence-electron chi connectivity index (χ0n) is 23.5. The van der Waals surface area contributed by atoms with Gasteiger partial charge in [0, 0.05) is 27.4 Å². The first kappa shape index (κ1) is 24.1. The molecule has 2 unspecified atom stereocenters. The average molecular weight is 520 g/mol. The minimum atomic E-state index is -1.01. The number of hydrogen-bond acceptors (Lipinski definition) is 5. The Labute approximate surface area is 225 Å². The van der Waals surface area contributed by atoms with Crippen molar-refractivity contribution < 1.29 is 24.1 Å². The molecular formula is C32H41NO5. The fourth-order valence-corrected chi connectivity index (χ4v) is 9.97. The quantitative estimate of drug-likeness (QED) is 0.394. The Balaban J connectivity index is 1.22. The molecule has 10 atom stereocenters. The van der Waals surface area contributed by atoms with E-state index < -0.39 is 23.1 Å². The Morgan fingerprint density at radius 2 is 1.79 bits per heavy atom. The highest BCUT2D eigenvalue weighted by molar-refractivity contribution is 5.86. The number of fused-ring (bicyclic) bond motifs is 9. The van der Waals surface area contributed by atoms with E-state index in [9.17, 15) is 5.11 Å². The second kappa shape index (κ2) is 7.13. The molecule has 6 aliphatic rings. The van der Waals surface area contributed by atoms with E-state index >= 15 is 0 Å². The molecule has 6 nitrogen and oxygen atoms in total. The van der Waals surface area contributed by atoms with Crippen molar-refractivity contribution in [2.75, 3.05) is 0 Å². The van der Waals surface area contributed by atoms with Crippen LogP contribution in [-0.4, -0.2) is 57.6 Å². The van der Waals surface area contributed by atoms with E-state index in [1.165, 1.54) is 22.2 Å². The molecule has 1 aromatic heterocycles. The second-order valence-electron chi connectivity index (χ2n) is 14.2. The van der Waals surface area contributed by atoms with Gasteiger partial charge < -0.3 is 29.0 Å². The number of nitrogens with one attached hydrogen (secondary N) is 1. The molecule has 0 radical (unpaired) electrons. The largest absolute Gasteiger partial charge is 0.386 e. The van der Waals surface area contributed by atoms with Gasteiger partial charge in [0.05, 0.1) is 11.7 Å². The van der Waals surface area contributed by atoms with Gasteiger partial charge in [-0.1, -0.05) is 37.6 Å². The van der Waals surface area contributed by atoms with E-state index in [0.29, 0.717) is 5.92 Å². The van der Waals surface area contributed by atoms with Crippen LogP contribution < -0.4 is 0 Å². The Hall–Kier alpha value is -1.70. The third kappa shape index (κ3) is 2.54. The fraction of sp³-hybridized carbons (Fsp3) is 0.688. The first-order valence-corrected chi connectivity index (χ1v) is 14.6. The predicted molar refractivity (Wildman–Crippen MR) is 144 cm³/mol. The van der Waals surface area contributed by atoms with E-state index in [-0.39, 0.29) is 35.2 Å². The second-order valence-corrected chi connectivity index (χ2v) is 14.2. The summed E-state index contributed by atoms with van der Waals surface area (Å²) in [5.41, 5.74) is 2.31. The molecule has 38 heavy (non-hydrogen) atoms. The summed E-state index contributed by atoms with van der Waals surface area (Å²) in [4.78, 5) is 3.84. The SMILES string of the molecule is CC(C)=C[C@H]1O[C@H]2C(OC3CC[C@@]4(C)[C@@](O)(CC[C@H]5Cc6c([nH]c7ccccc67)[C@@]54C)[C@]34O[C@@H]24)C(C)(C)O1. The van der Waals surface area contributed by atoms with Crippen molar-refractivity contribution in [3.05, 3.63) is 47.2 Å². The van der Waals surface area contributed by atoms with Gasteiger partial charge in [-0.25, -0.2) is 0 Å². The molecule has 2 N–H and O–H groups in total. The topological polar surface area (TPSA) is 76.2 Å². The Morgan fingerprint density at radius 3 is 2.58 bits per heavy atom. The maximum atomic E-state index is 13.1. The Bertz CT molecular complexity index is 1380. The molecule has 0 amide bonds. The number of hydrogen-bond donors (Lipinski definition) is 2. The summed E-state index contributed by atoms with van der Waals surface area (Å²) in [7, 11) is 0. The fourth-order valence-electron chi connectivity index (χ4n) is 9.97. The Kier molecular flexibility index (Phi) is 4.53. The normalized spacial score (nSPS) is 49.7. The van der Waals surface area contributed by atoms with Crippen molar-refractivity contribution in [1.29, 1.82) is 0 Å². The number of ether oxygens (including phenoxy) is 4. The lowest BCUT2D eigenvalue weighted by molar-refractivity contribution is -0.343. The van der Waals surface area contributed by atoms with Gasteiger partial charge in [0.1, 0.15) is 23.9 Å². The number of aromatic nitrogens is 1. The van der Waals surface area contributed by atoms with Crippen LogP contribution in [0.2, 0.25) is 0 Å². The third-order valence-electron chi connectivity index (χ3n) is 12.0. The highest BCUT2D eigenvalue weighted by Crippen LogP contribution is 2.75. The van der Waals surface area contributed by atoms with Crippen molar-refractivity contribution in [2.45, 2.75) is 127 Å². The van der Waals surface area contributed by atoms with Crippen molar-refractivity contribution in [3.63, 3.8) is 0 Å². The molecule has 3 aliphatic heterocycles. The molecular weight excluding hydrogens is 478 g/mol. The number of allylic oxidation sites excluding steroid dienone is 1. The number of epoxide rings is 1. The van der Waals surface area contributed by atoms with Crippen LogP contribution in [0, 0.1) is 11.3 Å². The van der Waals surface area contributed by atoms with Crippen LogP contribution in [0.3, 0.4) is 0 Å². The summed E-state index contributed by atoms with van der Waals surface area (Å²) in [5.74, 6) is 0.501. The zero-order chi connectivity index (χ0) is 26.5.